The first kappa shape index (κ1) is 47.5. The molecule has 0 radical (unpaired) electrons. The number of allylic oxidation sites excluding steroid dienone is 7. The standard InChI is InChI=1S/C44H65NO12/c1-23(2)41-29(8)35(55-37(49)18-17-36(48)45-38-32(46)15-16-33(38)47)22-44(53,57-41)31(10)40(51)30(9)42-34(54-11)14-12-13-24(3)19-26(5)39(50)27(6)20-25(4)21-28(7)43(52)56-42/h12-14,17-18,20-21,23,26-27,29-31,34-35,39-42,46,50-51,53H,15-16,19,22H2,1-11H3,(H,45,48). The molecule has 1 fully saturated rings. The quantitative estimate of drug-likeness (QED) is 0.138. The van der Waals surface area contributed by atoms with E-state index < -0.39 is 83.8 Å². The van der Waals surface area contributed by atoms with E-state index in [1.165, 1.54) is 7.11 Å². The molecule has 318 valence electrons. The highest BCUT2D eigenvalue weighted by Gasteiger charge is 2.53. The zero-order valence-corrected chi connectivity index (χ0v) is 35.4. The maximum atomic E-state index is 13.6. The van der Waals surface area contributed by atoms with Gasteiger partial charge in [-0.3, -0.25) is 9.59 Å². The average Bonchev–Trinajstić information content (AvgIpc) is 3.46. The highest BCUT2D eigenvalue weighted by atomic mass is 16.6. The summed E-state index contributed by atoms with van der Waals surface area (Å²) in [5.74, 6) is -7.52. The molecule has 12 unspecified atom stereocenters. The Morgan fingerprint density at radius 2 is 1.70 bits per heavy atom. The van der Waals surface area contributed by atoms with Crippen molar-refractivity contribution in [3.05, 3.63) is 70.7 Å². The van der Waals surface area contributed by atoms with Crippen molar-refractivity contribution < 1.29 is 58.6 Å². The Hall–Kier alpha value is -3.88. The van der Waals surface area contributed by atoms with Gasteiger partial charge in [0.15, 0.2) is 11.6 Å². The number of aliphatic hydroxyl groups is 4. The van der Waals surface area contributed by atoms with Gasteiger partial charge in [0.25, 0.3) is 0 Å². The van der Waals surface area contributed by atoms with Gasteiger partial charge in [0.2, 0.25) is 5.91 Å². The lowest BCUT2D eigenvalue weighted by atomic mass is 9.76. The van der Waals surface area contributed by atoms with Crippen molar-refractivity contribution in [1.82, 2.24) is 5.32 Å². The SMILES string of the molecule is COC1C=CC=C(C)CC(C)C(O)C(C)C=C(C)C=C(C)C(=O)OC1C(C)C(O)C(C)C1(O)CC(OC(=O)C=CC(=O)NC2=C(O)CCC2=O)C(C)C(C(C)C)O1. The van der Waals surface area contributed by atoms with Gasteiger partial charge < -0.3 is 44.7 Å². The van der Waals surface area contributed by atoms with Crippen LogP contribution in [0.5, 0.6) is 0 Å². The zero-order valence-electron chi connectivity index (χ0n) is 35.4. The minimum atomic E-state index is -2.01. The van der Waals surface area contributed by atoms with E-state index >= 15 is 0 Å². The third kappa shape index (κ3) is 12.6. The summed E-state index contributed by atoms with van der Waals surface area (Å²) >= 11 is 0. The van der Waals surface area contributed by atoms with Gasteiger partial charge in [-0.2, -0.15) is 0 Å². The Balaban J connectivity index is 1.90. The second-order valence-corrected chi connectivity index (χ2v) is 16.7. The van der Waals surface area contributed by atoms with Crippen molar-refractivity contribution in [2.75, 3.05) is 7.11 Å². The molecule has 0 spiro atoms. The summed E-state index contributed by atoms with van der Waals surface area (Å²) in [5.41, 5.74) is 1.91. The van der Waals surface area contributed by atoms with Crippen molar-refractivity contribution >= 4 is 23.6 Å². The van der Waals surface area contributed by atoms with E-state index in [0.29, 0.717) is 12.0 Å². The van der Waals surface area contributed by atoms with E-state index in [-0.39, 0.29) is 48.5 Å². The van der Waals surface area contributed by atoms with Crippen LogP contribution in [-0.2, 0) is 38.1 Å². The summed E-state index contributed by atoms with van der Waals surface area (Å²) in [6.45, 7) is 18.3. The molecule has 3 rings (SSSR count). The number of esters is 2. The van der Waals surface area contributed by atoms with Crippen LogP contribution in [0.2, 0.25) is 0 Å². The number of ketones is 1. The van der Waals surface area contributed by atoms with E-state index in [4.69, 9.17) is 18.9 Å². The minimum Gasteiger partial charge on any atom is -0.510 e. The van der Waals surface area contributed by atoms with Gasteiger partial charge in [-0.05, 0) is 45.1 Å². The van der Waals surface area contributed by atoms with Gasteiger partial charge in [-0.1, -0.05) is 83.9 Å². The Labute approximate surface area is 337 Å². The van der Waals surface area contributed by atoms with Crippen LogP contribution in [0, 0.1) is 35.5 Å². The molecule has 57 heavy (non-hydrogen) atoms. The molecule has 0 aromatic heterocycles. The number of ether oxygens (including phenoxy) is 4. The lowest BCUT2D eigenvalue weighted by Crippen LogP contribution is -2.59. The third-order valence-electron chi connectivity index (χ3n) is 11.5. The number of Topliss-reactive ketones (excluding diaryl/α,β-unsaturated/α-hetero) is 1. The summed E-state index contributed by atoms with van der Waals surface area (Å²) in [6, 6.07) is 0. The third-order valence-corrected chi connectivity index (χ3v) is 11.5. The summed E-state index contributed by atoms with van der Waals surface area (Å²) in [6.07, 6.45) is 6.23. The van der Waals surface area contributed by atoms with Gasteiger partial charge in [0.1, 0.15) is 29.8 Å². The lowest BCUT2D eigenvalue weighted by Gasteiger charge is -2.50. The van der Waals surface area contributed by atoms with Gasteiger partial charge in [-0.15, -0.1) is 0 Å². The van der Waals surface area contributed by atoms with Gasteiger partial charge in [0.05, 0.1) is 18.3 Å². The number of hydrogen-bond donors (Lipinski definition) is 5. The number of carbonyl (C=O) groups excluding carboxylic acids is 4. The Bertz CT molecular complexity index is 1650. The number of methoxy groups -OCH3 is 1. The molecule has 0 aromatic carbocycles. The molecule has 2 heterocycles. The predicted octanol–water partition coefficient (Wildman–Crippen LogP) is 5.46. The maximum Gasteiger partial charge on any atom is 0.334 e. The van der Waals surface area contributed by atoms with Crippen molar-refractivity contribution in [2.24, 2.45) is 35.5 Å². The summed E-state index contributed by atoms with van der Waals surface area (Å²) in [5, 5.41) is 47.3. The largest absolute Gasteiger partial charge is 0.510 e. The van der Waals surface area contributed by atoms with Crippen molar-refractivity contribution in [2.45, 2.75) is 137 Å². The molecule has 12 atom stereocenters. The molecule has 0 saturated carbocycles. The van der Waals surface area contributed by atoms with Gasteiger partial charge in [0, 0.05) is 67.8 Å². The molecular formula is C44H65NO12. The highest BCUT2D eigenvalue weighted by Crippen LogP contribution is 2.42. The second-order valence-electron chi connectivity index (χ2n) is 16.7. The molecule has 1 aliphatic carbocycles. The number of nitrogens with one attached hydrogen (secondary N) is 1. The van der Waals surface area contributed by atoms with E-state index in [1.807, 2.05) is 60.6 Å². The Morgan fingerprint density at radius 1 is 1.04 bits per heavy atom. The maximum absolute atomic E-state index is 13.6. The Morgan fingerprint density at radius 3 is 2.30 bits per heavy atom. The van der Waals surface area contributed by atoms with Crippen LogP contribution in [0.1, 0.15) is 94.9 Å². The first-order chi connectivity index (χ1) is 26.6. The molecule has 1 saturated heterocycles. The zero-order chi connectivity index (χ0) is 42.9. The molecule has 0 bridgehead atoms. The molecule has 13 heteroatoms. The van der Waals surface area contributed by atoms with E-state index in [1.54, 1.807) is 39.0 Å². The van der Waals surface area contributed by atoms with E-state index in [0.717, 1.165) is 23.3 Å². The van der Waals surface area contributed by atoms with E-state index in [2.05, 4.69) is 5.32 Å². The minimum absolute atomic E-state index is 0.0277. The summed E-state index contributed by atoms with van der Waals surface area (Å²) < 4.78 is 24.1. The number of rotatable bonds is 10. The smallest absolute Gasteiger partial charge is 0.334 e. The van der Waals surface area contributed by atoms with Crippen LogP contribution in [0.15, 0.2) is 70.7 Å². The number of hydrogen-bond acceptors (Lipinski definition) is 12. The summed E-state index contributed by atoms with van der Waals surface area (Å²) in [4.78, 5) is 51.0. The molecule has 0 aromatic rings. The predicted molar refractivity (Wildman–Crippen MR) is 214 cm³/mol. The van der Waals surface area contributed by atoms with Crippen LogP contribution < -0.4 is 5.32 Å². The fourth-order valence-electron chi connectivity index (χ4n) is 7.98. The molecule has 1 amide bonds. The molecule has 3 aliphatic rings. The normalized spacial score (nSPS) is 32.6. The lowest BCUT2D eigenvalue weighted by molar-refractivity contribution is -0.329. The van der Waals surface area contributed by atoms with Crippen LogP contribution >= 0.6 is 0 Å². The molecule has 2 aliphatic heterocycles. The Kier molecular flexibility index (Phi) is 17.2. The highest BCUT2D eigenvalue weighted by molar-refractivity contribution is 6.04. The monoisotopic (exact) mass is 799 g/mol. The van der Waals surface area contributed by atoms with Crippen LogP contribution in [0.25, 0.3) is 0 Å². The van der Waals surface area contributed by atoms with Crippen LogP contribution in [-0.4, -0.2) is 93.6 Å². The molecular weight excluding hydrogens is 734 g/mol. The topological polar surface area (TPSA) is 198 Å². The van der Waals surface area contributed by atoms with Gasteiger partial charge >= 0.3 is 11.9 Å². The second kappa shape index (κ2) is 20.7. The fourth-order valence-corrected chi connectivity index (χ4v) is 7.98. The number of carbonyl (C=O) groups is 4. The van der Waals surface area contributed by atoms with E-state index in [9.17, 15) is 39.6 Å². The fraction of sp³-hybridized carbons (Fsp3) is 0.636. The van der Waals surface area contributed by atoms with Crippen LogP contribution in [0.3, 0.4) is 0 Å². The van der Waals surface area contributed by atoms with Crippen molar-refractivity contribution in [3.63, 3.8) is 0 Å². The van der Waals surface area contributed by atoms with Crippen LogP contribution in [0.4, 0.5) is 0 Å². The van der Waals surface area contributed by atoms with Gasteiger partial charge in [-0.25, -0.2) is 9.59 Å². The molecule has 5 N–H and O–H groups in total. The van der Waals surface area contributed by atoms with Crippen molar-refractivity contribution in [1.29, 1.82) is 0 Å². The molecule has 13 nitrogen and oxygen atoms in total. The summed E-state index contributed by atoms with van der Waals surface area (Å²) in [7, 11) is 1.47. The average molecular weight is 800 g/mol. The first-order valence-corrected chi connectivity index (χ1v) is 20.0. The number of aliphatic hydroxyl groups excluding tert-OH is 3. The number of cyclic esters (lactones) is 1. The van der Waals surface area contributed by atoms with Crippen molar-refractivity contribution in [3.8, 4) is 0 Å². The number of amides is 1. The first-order valence-electron chi connectivity index (χ1n) is 20.0.